The summed E-state index contributed by atoms with van der Waals surface area (Å²) < 4.78 is 26.9. The molecule has 0 aliphatic heterocycles. The van der Waals surface area contributed by atoms with E-state index in [1.165, 1.54) is 0 Å². The molecule has 0 saturated heterocycles. The molecule has 1 heterocycles. The van der Waals surface area contributed by atoms with Crippen LogP contribution in [0.3, 0.4) is 0 Å². The Balaban J connectivity index is 2.21. The van der Waals surface area contributed by atoms with E-state index in [1.54, 1.807) is 30.3 Å². The summed E-state index contributed by atoms with van der Waals surface area (Å²) in [6.07, 6.45) is 2.92. The average molecular weight is 313 g/mol. The summed E-state index contributed by atoms with van der Waals surface area (Å²) in [7, 11) is -3.45. The lowest BCUT2D eigenvalue weighted by molar-refractivity contribution is 0.576. The molecule has 0 radical (unpaired) electrons. The van der Waals surface area contributed by atoms with Gasteiger partial charge >= 0.3 is 0 Å². The van der Waals surface area contributed by atoms with Crippen molar-refractivity contribution in [3.8, 4) is 0 Å². The van der Waals surface area contributed by atoms with Gasteiger partial charge in [-0.3, -0.25) is 0 Å². The molecule has 0 atom stereocenters. The number of nitrogens with one attached hydrogen (secondary N) is 1. The SMILES string of the molecule is CCCCCNS(=O)(=O)c1ccc2nc(Cl)ccc2c1. The van der Waals surface area contributed by atoms with Crippen molar-refractivity contribution in [1.29, 1.82) is 0 Å². The van der Waals surface area contributed by atoms with E-state index in [-0.39, 0.29) is 4.90 Å². The minimum absolute atomic E-state index is 0.255. The van der Waals surface area contributed by atoms with Crippen LogP contribution >= 0.6 is 11.6 Å². The first-order chi connectivity index (χ1) is 9.53. The van der Waals surface area contributed by atoms with Crippen molar-refractivity contribution in [3.05, 3.63) is 35.5 Å². The van der Waals surface area contributed by atoms with Crippen molar-refractivity contribution in [2.45, 2.75) is 31.1 Å². The first-order valence-electron chi connectivity index (χ1n) is 6.59. The quantitative estimate of drug-likeness (QED) is 0.657. The Kier molecular flexibility index (Phi) is 4.96. The number of nitrogens with zero attached hydrogens (tertiary/aromatic N) is 1. The summed E-state index contributed by atoms with van der Waals surface area (Å²) >= 11 is 5.80. The highest BCUT2D eigenvalue weighted by atomic mass is 35.5. The molecule has 0 spiro atoms. The van der Waals surface area contributed by atoms with Crippen LogP contribution in [0.1, 0.15) is 26.2 Å². The minimum Gasteiger partial charge on any atom is -0.236 e. The predicted octanol–water partition coefficient (Wildman–Crippen LogP) is 3.36. The minimum atomic E-state index is -3.45. The number of halogens is 1. The van der Waals surface area contributed by atoms with Gasteiger partial charge in [-0.25, -0.2) is 18.1 Å². The fourth-order valence-corrected chi connectivity index (χ4v) is 3.17. The van der Waals surface area contributed by atoms with Crippen LogP contribution in [0.4, 0.5) is 0 Å². The summed E-state index contributed by atoms with van der Waals surface area (Å²) in [5, 5.41) is 1.15. The maximum atomic E-state index is 12.1. The van der Waals surface area contributed by atoms with E-state index in [0.717, 1.165) is 24.6 Å². The van der Waals surface area contributed by atoms with Gasteiger partial charge in [-0.2, -0.15) is 0 Å². The zero-order chi connectivity index (χ0) is 14.6. The number of fused-ring (bicyclic) bond motifs is 1. The Morgan fingerprint density at radius 1 is 1.20 bits per heavy atom. The second-order valence-corrected chi connectivity index (χ2v) is 6.75. The van der Waals surface area contributed by atoms with Crippen LogP contribution in [0.25, 0.3) is 10.9 Å². The number of hydrogen-bond acceptors (Lipinski definition) is 3. The van der Waals surface area contributed by atoms with Gasteiger partial charge in [0.05, 0.1) is 10.4 Å². The number of benzene rings is 1. The molecule has 0 amide bonds. The van der Waals surface area contributed by atoms with Crippen LogP contribution in [-0.2, 0) is 10.0 Å². The van der Waals surface area contributed by atoms with E-state index in [2.05, 4.69) is 16.6 Å². The average Bonchev–Trinajstić information content (AvgIpc) is 2.43. The second-order valence-electron chi connectivity index (χ2n) is 4.59. The number of aromatic nitrogens is 1. The largest absolute Gasteiger partial charge is 0.240 e. The van der Waals surface area contributed by atoms with Crippen molar-refractivity contribution < 1.29 is 8.42 Å². The number of sulfonamides is 1. The molecule has 1 N–H and O–H groups in total. The molecule has 0 bridgehead atoms. The molecule has 0 saturated carbocycles. The maximum Gasteiger partial charge on any atom is 0.240 e. The van der Waals surface area contributed by atoms with E-state index in [0.29, 0.717) is 17.2 Å². The first-order valence-corrected chi connectivity index (χ1v) is 8.45. The Hall–Kier alpha value is -1.17. The smallest absolute Gasteiger partial charge is 0.236 e. The molecule has 20 heavy (non-hydrogen) atoms. The van der Waals surface area contributed by atoms with Gasteiger partial charge in [-0.05, 0) is 36.8 Å². The van der Waals surface area contributed by atoms with E-state index in [4.69, 9.17) is 11.6 Å². The van der Waals surface area contributed by atoms with Crippen LogP contribution in [-0.4, -0.2) is 19.9 Å². The van der Waals surface area contributed by atoms with Gasteiger partial charge in [-0.15, -0.1) is 0 Å². The topological polar surface area (TPSA) is 59.1 Å². The van der Waals surface area contributed by atoms with Crippen molar-refractivity contribution in [2.24, 2.45) is 0 Å². The third-order valence-electron chi connectivity index (χ3n) is 3.01. The van der Waals surface area contributed by atoms with Gasteiger partial charge in [0.15, 0.2) is 0 Å². The Labute approximate surface area is 124 Å². The van der Waals surface area contributed by atoms with Gasteiger partial charge in [-0.1, -0.05) is 31.4 Å². The Morgan fingerprint density at radius 3 is 2.75 bits per heavy atom. The summed E-state index contributed by atoms with van der Waals surface area (Å²) in [5.41, 5.74) is 0.683. The number of rotatable bonds is 6. The normalized spacial score (nSPS) is 11.9. The van der Waals surface area contributed by atoms with Gasteiger partial charge < -0.3 is 0 Å². The maximum absolute atomic E-state index is 12.1. The molecule has 1 aromatic heterocycles. The summed E-state index contributed by atoms with van der Waals surface area (Å²) in [4.78, 5) is 4.39. The van der Waals surface area contributed by atoms with Crippen LogP contribution in [0.2, 0.25) is 5.15 Å². The van der Waals surface area contributed by atoms with Crippen molar-refractivity contribution in [1.82, 2.24) is 9.71 Å². The highest BCUT2D eigenvalue weighted by molar-refractivity contribution is 7.89. The zero-order valence-corrected chi connectivity index (χ0v) is 12.8. The van der Waals surface area contributed by atoms with Crippen molar-refractivity contribution in [3.63, 3.8) is 0 Å². The van der Waals surface area contributed by atoms with Gasteiger partial charge in [0.2, 0.25) is 10.0 Å². The molecule has 0 aliphatic rings. The summed E-state index contributed by atoms with van der Waals surface area (Å²) in [6.45, 7) is 2.54. The Morgan fingerprint density at radius 2 is 2.00 bits per heavy atom. The van der Waals surface area contributed by atoms with E-state index < -0.39 is 10.0 Å². The molecule has 0 unspecified atom stereocenters. The fourth-order valence-electron chi connectivity index (χ4n) is 1.91. The van der Waals surface area contributed by atoms with Gasteiger partial charge in [0.25, 0.3) is 0 Å². The predicted molar refractivity (Wildman–Crippen MR) is 81.5 cm³/mol. The standard InChI is InChI=1S/C14H17ClN2O2S/c1-2-3-4-9-16-20(18,19)12-6-7-13-11(10-12)5-8-14(15)17-13/h5-8,10,16H,2-4,9H2,1H3. The molecule has 2 rings (SSSR count). The highest BCUT2D eigenvalue weighted by Gasteiger charge is 2.13. The highest BCUT2D eigenvalue weighted by Crippen LogP contribution is 2.19. The number of hydrogen-bond donors (Lipinski definition) is 1. The lowest BCUT2D eigenvalue weighted by Crippen LogP contribution is -2.24. The number of unbranched alkanes of at least 4 members (excludes halogenated alkanes) is 2. The molecule has 0 fully saturated rings. The van der Waals surface area contributed by atoms with Gasteiger partial charge in [0.1, 0.15) is 5.15 Å². The van der Waals surface area contributed by atoms with Crippen LogP contribution in [0, 0.1) is 0 Å². The summed E-state index contributed by atoms with van der Waals surface area (Å²) in [6, 6.07) is 8.24. The molecule has 4 nitrogen and oxygen atoms in total. The first kappa shape index (κ1) is 15.2. The zero-order valence-electron chi connectivity index (χ0n) is 11.3. The lowest BCUT2D eigenvalue weighted by Gasteiger charge is -2.07. The third kappa shape index (κ3) is 3.69. The fraction of sp³-hybridized carbons (Fsp3) is 0.357. The monoisotopic (exact) mass is 312 g/mol. The second kappa shape index (κ2) is 6.52. The number of pyridine rings is 1. The molecular weight excluding hydrogens is 296 g/mol. The molecule has 2 aromatic rings. The van der Waals surface area contributed by atoms with E-state index >= 15 is 0 Å². The van der Waals surface area contributed by atoms with E-state index in [9.17, 15) is 8.42 Å². The third-order valence-corrected chi connectivity index (χ3v) is 4.68. The molecule has 108 valence electrons. The van der Waals surface area contributed by atoms with Gasteiger partial charge in [0, 0.05) is 11.9 Å². The molecular formula is C14H17ClN2O2S. The lowest BCUT2D eigenvalue weighted by atomic mass is 10.2. The Bertz CT molecular complexity index is 701. The van der Waals surface area contributed by atoms with Crippen molar-refractivity contribution >= 4 is 32.5 Å². The molecule has 0 aliphatic carbocycles. The van der Waals surface area contributed by atoms with Crippen LogP contribution < -0.4 is 4.72 Å². The van der Waals surface area contributed by atoms with Crippen LogP contribution in [0.15, 0.2) is 35.2 Å². The van der Waals surface area contributed by atoms with E-state index in [1.807, 2.05) is 0 Å². The molecule has 1 aromatic carbocycles. The molecule has 6 heteroatoms. The van der Waals surface area contributed by atoms with Crippen molar-refractivity contribution in [2.75, 3.05) is 6.54 Å². The van der Waals surface area contributed by atoms with Crippen LogP contribution in [0.5, 0.6) is 0 Å². The summed E-state index contributed by atoms with van der Waals surface area (Å²) in [5.74, 6) is 0.